The van der Waals surface area contributed by atoms with Gasteiger partial charge in [0.25, 0.3) is 5.88 Å². The average Bonchev–Trinajstić information content (AvgIpc) is 3.06. The molecule has 1 fully saturated rings. The molecule has 1 unspecified atom stereocenters. The third-order valence-electron chi connectivity index (χ3n) is 3.99. The number of aromatic nitrogens is 2. The smallest absolute Gasteiger partial charge is 0.454 e. The van der Waals surface area contributed by atoms with Crippen LogP contribution >= 0.6 is 0 Å². The van der Waals surface area contributed by atoms with Crippen molar-refractivity contribution in [3.8, 4) is 22.9 Å². The highest BCUT2D eigenvalue weighted by Gasteiger charge is 2.30. The molecule has 126 valence electrons. The zero-order valence-corrected chi connectivity index (χ0v) is 13.9. The second-order valence-corrected chi connectivity index (χ2v) is 5.78. The molecule has 0 bridgehead atoms. The van der Waals surface area contributed by atoms with Crippen molar-refractivity contribution in [2.24, 2.45) is 0 Å². The Morgan fingerprint density at radius 1 is 1.38 bits per heavy atom. The van der Waals surface area contributed by atoms with E-state index in [9.17, 15) is 5.02 Å². The van der Waals surface area contributed by atoms with Crippen LogP contribution in [0.5, 0.6) is 11.6 Å². The molecule has 0 spiro atoms. The van der Waals surface area contributed by atoms with Crippen molar-refractivity contribution >= 4 is 7.12 Å². The van der Waals surface area contributed by atoms with Crippen molar-refractivity contribution in [1.29, 1.82) is 0 Å². The number of rotatable bonds is 6. The van der Waals surface area contributed by atoms with Gasteiger partial charge in [0.1, 0.15) is 0 Å². The first-order valence-corrected chi connectivity index (χ1v) is 8.14. The van der Waals surface area contributed by atoms with Gasteiger partial charge in [-0.3, -0.25) is 4.98 Å². The van der Waals surface area contributed by atoms with Crippen molar-refractivity contribution in [1.82, 2.24) is 9.97 Å². The Hall–Kier alpha value is -2.12. The summed E-state index contributed by atoms with van der Waals surface area (Å²) in [7, 11) is 0.912. The van der Waals surface area contributed by atoms with Crippen molar-refractivity contribution < 1.29 is 19.2 Å². The summed E-state index contributed by atoms with van der Waals surface area (Å²) in [5, 5.41) is 9.54. The lowest BCUT2D eigenvalue weighted by molar-refractivity contribution is 0.283. The molecule has 1 atom stereocenters. The molecule has 0 amide bonds. The zero-order chi connectivity index (χ0) is 16.9. The predicted molar refractivity (Wildman–Crippen MR) is 91.3 cm³/mol. The highest BCUT2D eigenvalue weighted by molar-refractivity contribution is 6.43. The molecule has 7 heteroatoms. The molecule has 0 aliphatic carbocycles. The minimum absolute atomic E-state index is 0.154. The second kappa shape index (κ2) is 7.64. The van der Waals surface area contributed by atoms with Crippen LogP contribution in [0.1, 0.15) is 24.8 Å². The molecule has 3 heterocycles. The van der Waals surface area contributed by atoms with Gasteiger partial charge in [0.2, 0.25) is 0 Å². The lowest BCUT2D eigenvalue weighted by Gasteiger charge is -2.12. The topological polar surface area (TPSA) is 73.7 Å². The summed E-state index contributed by atoms with van der Waals surface area (Å²) in [5.41, 5.74) is 2.71. The summed E-state index contributed by atoms with van der Waals surface area (Å²) in [6.45, 7) is 3.14. The molecule has 0 radical (unpaired) electrons. The molecule has 1 N–H and O–H groups in total. The standard InChI is InChI=1S/C17H21BN2O4/c1-3-6-23-17-16(22-2)5-4-15(20-17)13-7-12(9-19-10-13)14-8-18(21)24-11-14/h4-5,7,9-10,14,21H,3,6,8,11H2,1-2H3. The monoisotopic (exact) mass is 328 g/mol. The molecule has 1 saturated heterocycles. The summed E-state index contributed by atoms with van der Waals surface area (Å²) in [6, 6.07) is 5.78. The van der Waals surface area contributed by atoms with Gasteiger partial charge in [-0.25, -0.2) is 4.98 Å². The van der Waals surface area contributed by atoms with Gasteiger partial charge in [0, 0.05) is 30.5 Å². The van der Waals surface area contributed by atoms with Crippen LogP contribution in [0.15, 0.2) is 30.6 Å². The quantitative estimate of drug-likeness (QED) is 0.822. The van der Waals surface area contributed by atoms with Crippen LogP contribution in [-0.2, 0) is 4.65 Å². The second-order valence-electron chi connectivity index (χ2n) is 5.78. The highest BCUT2D eigenvalue weighted by Crippen LogP contribution is 2.32. The first-order chi connectivity index (χ1) is 11.7. The van der Waals surface area contributed by atoms with Crippen LogP contribution in [0.4, 0.5) is 0 Å². The minimum atomic E-state index is -0.688. The molecule has 0 saturated carbocycles. The predicted octanol–water partition coefficient (Wildman–Crippen LogP) is 2.54. The van der Waals surface area contributed by atoms with Gasteiger partial charge in [-0.15, -0.1) is 0 Å². The Morgan fingerprint density at radius 2 is 2.25 bits per heavy atom. The van der Waals surface area contributed by atoms with Gasteiger partial charge < -0.3 is 19.2 Å². The fourth-order valence-corrected chi connectivity index (χ4v) is 2.71. The Balaban J connectivity index is 1.88. The van der Waals surface area contributed by atoms with Gasteiger partial charge in [-0.05, 0) is 36.5 Å². The summed E-state index contributed by atoms with van der Waals surface area (Å²) in [6.07, 6.45) is 5.07. The first-order valence-electron chi connectivity index (χ1n) is 8.14. The van der Waals surface area contributed by atoms with E-state index in [1.165, 1.54) is 0 Å². The van der Waals surface area contributed by atoms with E-state index in [2.05, 4.69) is 9.97 Å². The summed E-state index contributed by atoms with van der Waals surface area (Å²) in [5.74, 6) is 1.26. The largest absolute Gasteiger partial charge is 0.491 e. The lowest BCUT2D eigenvalue weighted by Crippen LogP contribution is -2.07. The lowest BCUT2D eigenvalue weighted by atomic mass is 9.80. The van der Waals surface area contributed by atoms with Gasteiger partial charge in [-0.1, -0.05) is 6.92 Å². The van der Waals surface area contributed by atoms with Gasteiger partial charge in [0.15, 0.2) is 5.75 Å². The third kappa shape index (κ3) is 3.68. The highest BCUT2D eigenvalue weighted by atomic mass is 16.5. The Labute approximate surface area is 142 Å². The minimum Gasteiger partial charge on any atom is -0.491 e. The van der Waals surface area contributed by atoms with Crippen molar-refractivity contribution in [3.63, 3.8) is 0 Å². The summed E-state index contributed by atoms with van der Waals surface area (Å²) in [4.78, 5) is 8.88. The molecule has 1 aliphatic rings. The van der Waals surface area contributed by atoms with Crippen LogP contribution < -0.4 is 9.47 Å². The van der Waals surface area contributed by atoms with Gasteiger partial charge in [-0.2, -0.15) is 0 Å². The van der Waals surface area contributed by atoms with E-state index in [1.807, 2.05) is 31.3 Å². The van der Waals surface area contributed by atoms with E-state index in [1.54, 1.807) is 13.3 Å². The number of nitrogens with zero attached hydrogens (tertiary/aromatic N) is 2. The maximum absolute atomic E-state index is 9.54. The van der Waals surface area contributed by atoms with Crippen LogP contribution in [0.25, 0.3) is 11.3 Å². The molecular weight excluding hydrogens is 307 g/mol. The van der Waals surface area contributed by atoms with Crippen molar-refractivity contribution in [2.45, 2.75) is 25.6 Å². The Kier molecular flexibility index (Phi) is 5.32. The van der Waals surface area contributed by atoms with Crippen LogP contribution in [0, 0.1) is 0 Å². The van der Waals surface area contributed by atoms with E-state index in [4.69, 9.17) is 14.1 Å². The molecular formula is C17H21BN2O4. The summed E-state index contributed by atoms with van der Waals surface area (Å²) >= 11 is 0. The van der Waals surface area contributed by atoms with Crippen LogP contribution in [-0.4, -0.2) is 42.4 Å². The van der Waals surface area contributed by atoms with Gasteiger partial charge >= 0.3 is 7.12 Å². The van der Waals surface area contributed by atoms with Crippen LogP contribution in [0.3, 0.4) is 0 Å². The van der Waals surface area contributed by atoms with Crippen LogP contribution in [0.2, 0.25) is 6.32 Å². The van der Waals surface area contributed by atoms with E-state index in [0.29, 0.717) is 31.2 Å². The number of ether oxygens (including phenoxy) is 2. The zero-order valence-electron chi connectivity index (χ0n) is 13.9. The molecule has 3 rings (SSSR count). The number of methoxy groups -OCH3 is 1. The van der Waals surface area contributed by atoms with E-state index in [0.717, 1.165) is 23.2 Å². The third-order valence-corrected chi connectivity index (χ3v) is 3.99. The number of hydrogen-bond donors (Lipinski definition) is 1. The Morgan fingerprint density at radius 3 is 2.96 bits per heavy atom. The average molecular weight is 328 g/mol. The fourth-order valence-electron chi connectivity index (χ4n) is 2.71. The first kappa shape index (κ1) is 16.7. The van der Waals surface area contributed by atoms with Crippen molar-refractivity contribution in [3.05, 3.63) is 36.2 Å². The Bertz CT molecular complexity index is 698. The molecule has 24 heavy (non-hydrogen) atoms. The number of pyridine rings is 2. The molecule has 2 aromatic heterocycles. The molecule has 6 nitrogen and oxygen atoms in total. The number of hydrogen-bond acceptors (Lipinski definition) is 6. The van der Waals surface area contributed by atoms with Gasteiger partial charge in [0.05, 0.1) is 19.4 Å². The van der Waals surface area contributed by atoms with E-state index >= 15 is 0 Å². The fraction of sp³-hybridized carbons (Fsp3) is 0.412. The normalized spacial score (nSPS) is 17.1. The maximum atomic E-state index is 9.54. The maximum Gasteiger partial charge on any atom is 0.454 e. The summed E-state index contributed by atoms with van der Waals surface area (Å²) < 4.78 is 16.2. The molecule has 0 aromatic carbocycles. The van der Waals surface area contributed by atoms with E-state index in [-0.39, 0.29) is 5.92 Å². The SMILES string of the molecule is CCCOc1nc(-c2cncc(C3COB(O)C3)c2)ccc1OC. The molecule has 1 aliphatic heterocycles. The van der Waals surface area contributed by atoms with E-state index < -0.39 is 7.12 Å². The van der Waals surface area contributed by atoms with Crippen molar-refractivity contribution in [2.75, 3.05) is 20.3 Å². The molecule has 2 aromatic rings.